The summed E-state index contributed by atoms with van der Waals surface area (Å²) in [6.07, 6.45) is 0. The Balaban J connectivity index is 1.28. The summed E-state index contributed by atoms with van der Waals surface area (Å²) in [4.78, 5) is 5.90. The van der Waals surface area contributed by atoms with E-state index >= 15 is 0 Å². The minimum atomic E-state index is -3.67. The van der Waals surface area contributed by atoms with Gasteiger partial charge in [-0.3, -0.25) is 0 Å². The van der Waals surface area contributed by atoms with Crippen molar-refractivity contribution in [3.63, 3.8) is 0 Å². The monoisotopic (exact) mass is 605 g/mol. The lowest BCUT2D eigenvalue weighted by Crippen LogP contribution is -2.58. The normalized spacial score (nSPS) is 15.1. The molecule has 0 fully saturated rings. The van der Waals surface area contributed by atoms with E-state index in [9.17, 15) is 8.42 Å². The maximum atomic E-state index is 14.0. The molecular formula is C36H20BNO2S3. The standard InChI is InChI=1S/C36H20BNO2S3/c39-43(40)33-16-8-2-9-22(33)23-17-18-28-34(36(23)43)24-10-1-5-13-27(24)38(28)21-19-31-35-32(20-21)42-30-15-7-4-12-26(30)37(35)25-11-3-6-14-29(25)41-31/h1-20H. The van der Waals surface area contributed by atoms with E-state index in [2.05, 4.69) is 83.4 Å². The van der Waals surface area contributed by atoms with Crippen molar-refractivity contribution in [3.8, 4) is 16.8 Å². The van der Waals surface area contributed by atoms with E-state index in [0.717, 1.165) is 38.6 Å². The van der Waals surface area contributed by atoms with E-state index in [1.807, 2.05) is 53.9 Å². The highest BCUT2D eigenvalue weighted by Gasteiger charge is 2.39. The molecule has 0 saturated carbocycles. The van der Waals surface area contributed by atoms with Crippen molar-refractivity contribution in [2.75, 3.05) is 0 Å². The summed E-state index contributed by atoms with van der Waals surface area (Å²) in [7, 11) is -3.67. The van der Waals surface area contributed by atoms with E-state index in [1.54, 1.807) is 12.1 Å². The van der Waals surface area contributed by atoms with Crippen LogP contribution in [0.3, 0.4) is 0 Å². The van der Waals surface area contributed by atoms with Gasteiger partial charge in [0.2, 0.25) is 16.6 Å². The van der Waals surface area contributed by atoms with Gasteiger partial charge in [-0.15, -0.1) is 0 Å². The summed E-state index contributed by atoms with van der Waals surface area (Å²) in [6.45, 7) is 0.194. The Labute approximate surface area is 257 Å². The maximum absolute atomic E-state index is 14.0. The highest BCUT2D eigenvalue weighted by atomic mass is 32.2. The van der Waals surface area contributed by atoms with Crippen molar-refractivity contribution in [3.05, 3.63) is 121 Å². The van der Waals surface area contributed by atoms with Crippen LogP contribution in [0.1, 0.15) is 0 Å². The van der Waals surface area contributed by atoms with Gasteiger partial charge in [-0.1, -0.05) is 113 Å². The van der Waals surface area contributed by atoms with Crippen LogP contribution in [0.4, 0.5) is 0 Å². The van der Waals surface area contributed by atoms with Gasteiger partial charge in [-0.2, -0.15) is 0 Å². The first-order valence-corrected chi connectivity index (χ1v) is 17.3. The second-order valence-electron chi connectivity index (χ2n) is 11.3. The summed E-state index contributed by atoms with van der Waals surface area (Å²) >= 11 is 3.67. The van der Waals surface area contributed by atoms with Crippen LogP contribution in [0, 0.1) is 0 Å². The van der Waals surface area contributed by atoms with Gasteiger partial charge in [-0.25, -0.2) is 8.42 Å². The number of nitrogens with zero attached hydrogens (tertiary/aromatic N) is 1. The van der Waals surface area contributed by atoms with E-state index in [4.69, 9.17) is 0 Å². The minimum Gasteiger partial charge on any atom is -0.309 e. The Hall–Kier alpha value is -4.17. The summed E-state index contributed by atoms with van der Waals surface area (Å²) in [5, 5.41) is 1.75. The summed E-state index contributed by atoms with van der Waals surface area (Å²) < 4.78 is 30.3. The molecule has 202 valence electrons. The van der Waals surface area contributed by atoms with Gasteiger partial charge in [0, 0.05) is 47.2 Å². The average Bonchev–Trinajstić information content (AvgIpc) is 3.49. The van der Waals surface area contributed by atoms with Crippen molar-refractivity contribution >= 4 is 78.3 Å². The van der Waals surface area contributed by atoms with Crippen LogP contribution in [0.15, 0.2) is 151 Å². The number of hydrogen-bond acceptors (Lipinski definition) is 4. The van der Waals surface area contributed by atoms with Crippen LogP contribution in [0.2, 0.25) is 0 Å². The molecule has 6 aromatic carbocycles. The molecule has 3 nitrogen and oxygen atoms in total. The molecule has 3 aliphatic heterocycles. The molecule has 1 aromatic heterocycles. The van der Waals surface area contributed by atoms with Crippen molar-refractivity contribution in [1.82, 2.24) is 4.57 Å². The molecule has 3 aliphatic rings. The lowest BCUT2D eigenvalue weighted by atomic mass is 9.36. The third-order valence-corrected chi connectivity index (χ3v) is 13.3. The summed E-state index contributed by atoms with van der Waals surface area (Å²) in [6, 6.07) is 41.8. The number of hydrogen-bond donors (Lipinski definition) is 0. The molecule has 0 N–H and O–H groups in total. The van der Waals surface area contributed by atoms with E-state index in [-0.39, 0.29) is 6.71 Å². The highest BCUT2D eigenvalue weighted by Crippen LogP contribution is 2.49. The van der Waals surface area contributed by atoms with Gasteiger partial charge < -0.3 is 4.57 Å². The Morgan fingerprint density at radius 1 is 0.581 bits per heavy atom. The molecule has 0 spiro atoms. The Bertz CT molecular complexity index is 2430. The molecule has 0 aliphatic carbocycles. The second kappa shape index (κ2) is 8.47. The fourth-order valence-corrected chi connectivity index (χ4v) is 11.7. The van der Waals surface area contributed by atoms with E-state index in [1.165, 1.54) is 36.0 Å². The smallest absolute Gasteiger partial charge is 0.247 e. The van der Waals surface area contributed by atoms with Gasteiger partial charge in [0.1, 0.15) is 0 Å². The molecular weight excluding hydrogens is 585 g/mol. The fraction of sp³-hybridized carbons (Fsp3) is 0. The molecule has 0 atom stereocenters. The lowest BCUT2D eigenvalue weighted by molar-refractivity contribution is 0.599. The largest absolute Gasteiger partial charge is 0.309 e. The molecule has 0 bridgehead atoms. The van der Waals surface area contributed by atoms with Gasteiger partial charge >= 0.3 is 0 Å². The molecule has 0 radical (unpaired) electrons. The molecule has 43 heavy (non-hydrogen) atoms. The first kappa shape index (κ1) is 24.3. The minimum absolute atomic E-state index is 0.194. The quantitative estimate of drug-likeness (QED) is 0.188. The predicted molar refractivity (Wildman–Crippen MR) is 177 cm³/mol. The predicted octanol–water partition coefficient (Wildman–Crippen LogP) is 7.04. The van der Waals surface area contributed by atoms with Crippen molar-refractivity contribution < 1.29 is 8.42 Å². The van der Waals surface area contributed by atoms with Crippen molar-refractivity contribution in [1.29, 1.82) is 0 Å². The van der Waals surface area contributed by atoms with Gasteiger partial charge in [-0.05, 0) is 47.9 Å². The van der Waals surface area contributed by atoms with Crippen LogP contribution in [0.25, 0.3) is 38.6 Å². The zero-order chi connectivity index (χ0) is 28.4. The molecule has 0 saturated heterocycles. The molecule has 10 rings (SSSR count). The zero-order valence-electron chi connectivity index (χ0n) is 22.6. The van der Waals surface area contributed by atoms with Crippen LogP contribution in [-0.2, 0) is 9.84 Å². The first-order chi connectivity index (χ1) is 21.1. The SMILES string of the molecule is O=S1(=O)c2ccccc2-c2ccc3c(c21)c1ccccc1n3-c1cc2c3c(c1)Sc1ccccc1B3c1ccccc1S2. The topological polar surface area (TPSA) is 39.1 Å². The lowest BCUT2D eigenvalue weighted by Gasteiger charge is -2.33. The Morgan fingerprint density at radius 2 is 1.21 bits per heavy atom. The first-order valence-electron chi connectivity index (χ1n) is 14.2. The number of para-hydroxylation sites is 1. The van der Waals surface area contributed by atoms with Crippen LogP contribution >= 0.6 is 23.5 Å². The molecule has 7 aromatic rings. The van der Waals surface area contributed by atoms with Crippen LogP contribution in [-0.4, -0.2) is 19.7 Å². The number of sulfone groups is 1. The highest BCUT2D eigenvalue weighted by molar-refractivity contribution is 8.01. The third kappa shape index (κ3) is 3.12. The fourth-order valence-electron chi connectivity index (χ4n) is 7.34. The second-order valence-corrected chi connectivity index (χ2v) is 15.3. The number of aromatic nitrogens is 1. The average molecular weight is 606 g/mol. The Kier molecular flexibility index (Phi) is 4.79. The Morgan fingerprint density at radius 3 is 1.95 bits per heavy atom. The number of rotatable bonds is 1. The summed E-state index contributed by atoms with van der Waals surface area (Å²) in [5.41, 5.74) is 8.61. The molecule has 0 unspecified atom stereocenters. The van der Waals surface area contributed by atoms with E-state index in [0.29, 0.717) is 9.79 Å². The van der Waals surface area contributed by atoms with Gasteiger partial charge in [0.25, 0.3) is 0 Å². The summed E-state index contributed by atoms with van der Waals surface area (Å²) in [5.74, 6) is 0. The number of fused-ring (bicyclic) bond motifs is 11. The van der Waals surface area contributed by atoms with Crippen molar-refractivity contribution in [2.24, 2.45) is 0 Å². The van der Waals surface area contributed by atoms with Gasteiger partial charge in [0.05, 0.1) is 20.8 Å². The van der Waals surface area contributed by atoms with Gasteiger partial charge in [0.15, 0.2) is 0 Å². The van der Waals surface area contributed by atoms with Crippen LogP contribution in [0.5, 0.6) is 0 Å². The van der Waals surface area contributed by atoms with Crippen LogP contribution < -0.4 is 16.4 Å². The zero-order valence-corrected chi connectivity index (χ0v) is 25.1. The number of benzene rings is 6. The van der Waals surface area contributed by atoms with E-state index < -0.39 is 9.84 Å². The van der Waals surface area contributed by atoms with Crippen molar-refractivity contribution in [2.45, 2.75) is 29.4 Å². The molecule has 7 heteroatoms. The maximum Gasteiger partial charge on any atom is 0.247 e. The molecule has 0 amide bonds. The molecule has 4 heterocycles. The third-order valence-electron chi connectivity index (χ3n) is 9.06.